The minimum atomic E-state index is -4.93. The zero-order valence-corrected chi connectivity index (χ0v) is 11.7. The zero-order chi connectivity index (χ0) is 16.2. The maximum absolute atomic E-state index is 12.8. The van der Waals surface area contributed by atoms with Crippen molar-refractivity contribution in [2.75, 3.05) is 5.75 Å². The number of halogens is 3. The van der Waals surface area contributed by atoms with Gasteiger partial charge in [0.25, 0.3) is 5.56 Å². The van der Waals surface area contributed by atoms with Crippen LogP contribution in [0.15, 0.2) is 11.1 Å². The van der Waals surface area contributed by atoms with Gasteiger partial charge in [-0.15, -0.1) is 0 Å². The third-order valence-corrected chi connectivity index (χ3v) is 3.38. The van der Waals surface area contributed by atoms with Crippen molar-refractivity contribution in [2.45, 2.75) is 31.7 Å². The average molecular weight is 326 g/mol. The molecule has 21 heavy (non-hydrogen) atoms. The molecular formula is C11H13F3N2O4S. The molecule has 0 radical (unpaired) electrons. The standard InChI is InChI=1S/C11H13F3N2O4S/c1-5(17)21-3-2-6(18)8(19)7-9(11(12,13)14)15-4-16-10(7)20/h4,6,8,18-19H,2-3H2,1H3,(H,15,16,20). The first-order valence-electron chi connectivity index (χ1n) is 5.79. The fourth-order valence-electron chi connectivity index (χ4n) is 1.58. The molecule has 6 nitrogen and oxygen atoms in total. The van der Waals surface area contributed by atoms with Gasteiger partial charge in [0.05, 0.1) is 18.0 Å². The summed E-state index contributed by atoms with van der Waals surface area (Å²) in [4.78, 5) is 27.1. The van der Waals surface area contributed by atoms with Gasteiger partial charge in [-0.3, -0.25) is 9.59 Å². The number of nitrogens with zero attached hydrogens (tertiary/aromatic N) is 1. The maximum Gasteiger partial charge on any atom is 0.433 e. The Labute approximate surface area is 121 Å². The number of aromatic amines is 1. The van der Waals surface area contributed by atoms with Gasteiger partial charge in [0.2, 0.25) is 0 Å². The molecule has 118 valence electrons. The van der Waals surface area contributed by atoms with E-state index < -0.39 is 35.2 Å². The first kappa shape index (κ1) is 17.7. The molecular weight excluding hydrogens is 313 g/mol. The number of carbonyl (C=O) groups is 1. The van der Waals surface area contributed by atoms with Gasteiger partial charge < -0.3 is 15.2 Å². The Bertz CT molecular complexity index is 561. The second-order valence-corrected chi connectivity index (χ2v) is 5.40. The van der Waals surface area contributed by atoms with Crippen molar-refractivity contribution in [3.63, 3.8) is 0 Å². The van der Waals surface area contributed by atoms with Gasteiger partial charge in [0.1, 0.15) is 6.10 Å². The second-order valence-electron chi connectivity index (χ2n) is 4.13. The molecule has 0 saturated heterocycles. The summed E-state index contributed by atoms with van der Waals surface area (Å²) in [7, 11) is 0. The monoisotopic (exact) mass is 326 g/mol. The molecule has 2 atom stereocenters. The number of aliphatic hydroxyl groups is 2. The van der Waals surface area contributed by atoms with Gasteiger partial charge in [0, 0.05) is 12.7 Å². The van der Waals surface area contributed by atoms with E-state index in [4.69, 9.17) is 0 Å². The van der Waals surface area contributed by atoms with E-state index in [2.05, 4.69) is 4.98 Å². The first-order chi connectivity index (χ1) is 9.64. The third-order valence-electron chi connectivity index (χ3n) is 2.54. The van der Waals surface area contributed by atoms with Gasteiger partial charge >= 0.3 is 6.18 Å². The van der Waals surface area contributed by atoms with Crippen LogP contribution >= 0.6 is 11.8 Å². The van der Waals surface area contributed by atoms with E-state index in [-0.39, 0.29) is 17.3 Å². The Morgan fingerprint density at radius 3 is 2.62 bits per heavy atom. The van der Waals surface area contributed by atoms with Gasteiger partial charge in [0.15, 0.2) is 10.8 Å². The number of thioether (sulfide) groups is 1. The predicted molar refractivity (Wildman–Crippen MR) is 68.6 cm³/mol. The highest BCUT2D eigenvalue weighted by Gasteiger charge is 2.39. The van der Waals surface area contributed by atoms with E-state index in [0.29, 0.717) is 6.33 Å². The molecule has 0 aliphatic heterocycles. The summed E-state index contributed by atoms with van der Waals surface area (Å²) in [6.07, 6.45) is -8.19. The Hall–Kier alpha value is -1.39. The van der Waals surface area contributed by atoms with Crippen LogP contribution in [0.25, 0.3) is 0 Å². The Balaban J connectivity index is 2.99. The molecule has 1 aromatic rings. The van der Waals surface area contributed by atoms with E-state index in [1.165, 1.54) is 6.92 Å². The van der Waals surface area contributed by atoms with E-state index in [9.17, 15) is 33.0 Å². The van der Waals surface area contributed by atoms with Crippen molar-refractivity contribution in [1.82, 2.24) is 9.97 Å². The molecule has 1 heterocycles. The molecule has 0 amide bonds. The number of H-pyrrole nitrogens is 1. The summed E-state index contributed by atoms with van der Waals surface area (Å²) < 4.78 is 38.3. The molecule has 0 aliphatic carbocycles. The fourth-order valence-corrected chi connectivity index (χ4v) is 2.23. The SMILES string of the molecule is CC(=O)SCCC(O)C(O)c1c(C(F)(F)F)nc[nH]c1=O. The van der Waals surface area contributed by atoms with Crippen LogP contribution in [-0.2, 0) is 11.0 Å². The molecule has 2 unspecified atom stereocenters. The van der Waals surface area contributed by atoms with Gasteiger partial charge in [-0.05, 0) is 6.42 Å². The van der Waals surface area contributed by atoms with Crippen LogP contribution in [0.5, 0.6) is 0 Å². The number of nitrogens with one attached hydrogen (secondary N) is 1. The lowest BCUT2D eigenvalue weighted by Gasteiger charge is -2.19. The summed E-state index contributed by atoms with van der Waals surface area (Å²) in [6.45, 7) is 1.29. The summed E-state index contributed by atoms with van der Waals surface area (Å²) in [5, 5.41) is 19.2. The van der Waals surface area contributed by atoms with Crippen LogP contribution in [0.4, 0.5) is 13.2 Å². The minimum absolute atomic E-state index is 0.104. The average Bonchev–Trinajstić information content (AvgIpc) is 2.36. The summed E-state index contributed by atoms with van der Waals surface area (Å²) in [5.41, 5.74) is -3.76. The Kier molecular flexibility index (Phi) is 5.93. The molecule has 3 N–H and O–H groups in total. The maximum atomic E-state index is 12.8. The van der Waals surface area contributed by atoms with Gasteiger partial charge in [-0.1, -0.05) is 11.8 Å². The first-order valence-corrected chi connectivity index (χ1v) is 6.77. The minimum Gasteiger partial charge on any atom is -0.390 e. The molecule has 1 aromatic heterocycles. The summed E-state index contributed by atoms with van der Waals surface area (Å²) >= 11 is 0.852. The van der Waals surface area contributed by atoms with E-state index in [1.807, 2.05) is 4.98 Å². The lowest BCUT2D eigenvalue weighted by Crippen LogP contribution is -2.30. The van der Waals surface area contributed by atoms with Crippen molar-refractivity contribution in [3.8, 4) is 0 Å². The van der Waals surface area contributed by atoms with Crippen LogP contribution in [0.3, 0.4) is 0 Å². The number of rotatable bonds is 5. The Morgan fingerprint density at radius 2 is 2.10 bits per heavy atom. The lowest BCUT2D eigenvalue weighted by molar-refractivity contribution is -0.143. The third kappa shape index (κ3) is 4.83. The van der Waals surface area contributed by atoms with Crippen LogP contribution in [-0.4, -0.2) is 37.2 Å². The van der Waals surface area contributed by atoms with Crippen molar-refractivity contribution in [1.29, 1.82) is 0 Å². The topological polar surface area (TPSA) is 103 Å². The van der Waals surface area contributed by atoms with Gasteiger partial charge in [-0.2, -0.15) is 13.2 Å². The summed E-state index contributed by atoms with van der Waals surface area (Å²) in [5.74, 6) is 0.104. The van der Waals surface area contributed by atoms with Crippen LogP contribution in [0.1, 0.15) is 30.7 Å². The summed E-state index contributed by atoms with van der Waals surface area (Å²) in [6, 6.07) is 0. The quantitative estimate of drug-likeness (QED) is 0.741. The number of hydrogen-bond acceptors (Lipinski definition) is 6. The van der Waals surface area contributed by atoms with Gasteiger partial charge in [-0.25, -0.2) is 4.98 Å². The van der Waals surface area contributed by atoms with E-state index in [1.54, 1.807) is 0 Å². The van der Waals surface area contributed by atoms with E-state index in [0.717, 1.165) is 11.8 Å². The van der Waals surface area contributed by atoms with Crippen LogP contribution in [0, 0.1) is 0 Å². The zero-order valence-electron chi connectivity index (χ0n) is 10.8. The highest BCUT2D eigenvalue weighted by Crippen LogP contribution is 2.32. The molecule has 0 aliphatic rings. The molecule has 1 rings (SSSR count). The molecule has 10 heteroatoms. The number of carbonyl (C=O) groups excluding carboxylic acids is 1. The van der Waals surface area contributed by atoms with Crippen molar-refractivity contribution >= 4 is 16.9 Å². The molecule has 0 bridgehead atoms. The molecule has 0 aromatic carbocycles. The largest absolute Gasteiger partial charge is 0.433 e. The highest BCUT2D eigenvalue weighted by molar-refractivity contribution is 8.13. The normalized spacial score (nSPS) is 14.8. The molecule has 0 spiro atoms. The Morgan fingerprint density at radius 1 is 1.48 bits per heavy atom. The number of aromatic nitrogens is 2. The number of hydrogen-bond donors (Lipinski definition) is 3. The molecule has 0 saturated carbocycles. The lowest BCUT2D eigenvalue weighted by atomic mass is 10.0. The van der Waals surface area contributed by atoms with Crippen molar-refractivity contribution in [3.05, 3.63) is 27.9 Å². The van der Waals surface area contributed by atoms with Crippen LogP contribution in [0.2, 0.25) is 0 Å². The number of alkyl halides is 3. The van der Waals surface area contributed by atoms with Crippen LogP contribution < -0.4 is 5.56 Å². The van der Waals surface area contributed by atoms with Crippen molar-refractivity contribution < 1.29 is 28.2 Å². The van der Waals surface area contributed by atoms with Crippen molar-refractivity contribution in [2.24, 2.45) is 0 Å². The second kappa shape index (κ2) is 7.05. The molecule has 0 fully saturated rings. The number of aliphatic hydroxyl groups excluding tert-OH is 2. The smallest absolute Gasteiger partial charge is 0.390 e. The predicted octanol–water partition coefficient (Wildman–Crippen LogP) is 0.853. The highest BCUT2D eigenvalue weighted by atomic mass is 32.2. The van der Waals surface area contributed by atoms with E-state index >= 15 is 0 Å². The fraction of sp³-hybridized carbons (Fsp3) is 0.545.